The Labute approximate surface area is 82.3 Å². The Bertz CT molecular complexity index is 172. The molecule has 0 amide bonds. The van der Waals surface area contributed by atoms with Crippen LogP contribution in [0.5, 0.6) is 0 Å². The zero-order chi connectivity index (χ0) is 9.47. The normalized spacial score (nSPS) is 39.5. The van der Waals surface area contributed by atoms with Gasteiger partial charge in [-0.2, -0.15) is 0 Å². The fourth-order valence-corrected chi connectivity index (χ4v) is 3.14. The minimum absolute atomic E-state index is 0.530. The van der Waals surface area contributed by atoms with Gasteiger partial charge in [-0.3, -0.25) is 0 Å². The summed E-state index contributed by atoms with van der Waals surface area (Å²) >= 11 is 0. The van der Waals surface area contributed by atoms with E-state index in [1.165, 1.54) is 32.2 Å². The molecule has 3 rings (SSSR count). The monoisotopic (exact) mass is 181 g/mol. The lowest BCUT2D eigenvalue weighted by molar-refractivity contribution is 0.0958. The first kappa shape index (κ1) is 9.51. The number of fused-ring (bicyclic) bond motifs is 3. The van der Waals surface area contributed by atoms with E-state index >= 15 is 0 Å². The Balaban J connectivity index is 1.94. The second kappa shape index (κ2) is 3.27. The van der Waals surface area contributed by atoms with Crippen molar-refractivity contribution in [3.8, 4) is 0 Å². The van der Waals surface area contributed by atoms with E-state index in [4.69, 9.17) is 0 Å². The van der Waals surface area contributed by atoms with Crippen molar-refractivity contribution in [1.29, 1.82) is 0 Å². The third kappa shape index (κ3) is 2.25. The molecule has 76 valence electrons. The van der Waals surface area contributed by atoms with E-state index in [-0.39, 0.29) is 0 Å². The molecule has 1 aliphatic carbocycles. The minimum atomic E-state index is 0.530. The first-order valence-electron chi connectivity index (χ1n) is 5.78. The average molecular weight is 181 g/mol. The predicted molar refractivity (Wildman–Crippen MR) is 56.7 cm³/mol. The molecule has 3 atom stereocenters. The van der Waals surface area contributed by atoms with Crippen molar-refractivity contribution < 1.29 is 0 Å². The molecule has 1 saturated carbocycles. The molecule has 0 spiro atoms. The zero-order valence-corrected chi connectivity index (χ0v) is 9.27. The van der Waals surface area contributed by atoms with Crippen LogP contribution in [-0.4, -0.2) is 12.6 Å². The highest BCUT2D eigenvalue weighted by molar-refractivity contribution is 4.92. The number of rotatable bonds is 1. The summed E-state index contributed by atoms with van der Waals surface area (Å²) in [5, 5.41) is 3.63. The maximum Gasteiger partial charge on any atom is 0.00700 e. The van der Waals surface area contributed by atoms with Gasteiger partial charge in [-0.25, -0.2) is 0 Å². The van der Waals surface area contributed by atoms with Crippen molar-refractivity contribution in [2.24, 2.45) is 17.3 Å². The van der Waals surface area contributed by atoms with Crippen molar-refractivity contribution >= 4 is 0 Å². The van der Waals surface area contributed by atoms with Crippen LogP contribution in [0, 0.1) is 17.3 Å². The summed E-state index contributed by atoms with van der Waals surface area (Å²) in [4.78, 5) is 0. The average Bonchev–Trinajstić information content (AvgIpc) is 2.03. The van der Waals surface area contributed by atoms with Crippen LogP contribution in [0.3, 0.4) is 0 Å². The van der Waals surface area contributed by atoms with E-state index in [1.54, 1.807) is 0 Å². The molecule has 2 bridgehead atoms. The van der Waals surface area contributed by atoms with Crippen LogP contribution in [-0.2, 0) is 0 Å². The third-order valence-corrected chi connectivity index (χ3v) is 3.68. The molecule has 1 nitrogen and oxygen atoms in total. The molecule has 0 aromatic heterocycles. The highest BCUT2D eigenvalue weighted by Gasteiger charge is 2.36. The van der Waals surface area contributed by atoms with Crippen molar-refractivity contribution in [3.63, 3.8) is 0 Å². The van der Waals surface area contributed by atoms with Gasteiger partial charge < -0.3 is 5.32 Å². The Hall–Kier alpha value is -0.0400. The van der Waals surface area contributed by atoms with E-state index in [2.05, 4.69) is 26.1 Å². The van der Waals surface area contributed by atoms with Gasteiger partial charge in [0.1, 0.15) is 0 Å². The molecule has 2 saturated heterocycles. The highest BCUT2D eigenvalue weighted by atomic mass is 14.9. The van der Waals surface area contributed by atoms with Gasteiger partial charge in [-0.15, -0.1) is 0 Å². The van der Waals surface area contributed by atoms with Gasteiger partial charge in [0.05, 0.1) is 0 Å². The lowest BCUT2D eigenvalue weighted by atomic mass is 9.68. The van der Waals surface area contributed by atoms with Crippen molar-refractivity contribution in [2.45, 2.75) is 52.5 Å². The molecule has 1 heteroatoms. The summed E-state index contributed by atoms with van der Waals surface area (Å²) in [5.74, 6) is 2.00. The summed E-state index contributed by atoms with van der Waals surface area (Å²) in [6, 6.07) is 0.859. The van der Waals surface area contributed by atoms with Crippen molar-refractivity contribution in [1.82, 2.24) is 5.32 Å². The van der Waals surface area contributed by atoms with Crippen molar-refractivity contribution in [3.05, 3.63) is 0 Å². The summed E-state index contributed by atoms with van der Waals surface area (Å²) in [6.07, 6.45) is 5.79. The molecule has 13 heavy (non-hydrogen) atoms. The molecule has 3 unspecified atom stereocenters. The first-order valence-corrected chi connectivity index (χ1v) is 5.78. The smallest absolute Gasteiger partial charge is 0.00700 e. The lowest BCUT2D eigenvalue weighted by Gasteiger charge is -2.45. The highest BCUT2D eigenvalue weighted by Crippen LogP contribution is 2.40. The Morgan fingerprint density at radius 1 is 1.23 bits per heavy atom. The maximum atomic E-state index is 3.63. The van der Waals surface area contributed by atoms with Crippen molar-refractivity contribution in [2.75, 3.05) is 6.54 Å². The second-order valence-corrected chi connectivity index (χ2v) is 6.20. The van der Waals surface area contributed by atoms with Crippen LogP contribution in [0.25, 0.3) is 0 Å². The van der Waals surface area contributed by atoms with Gasteiger partial charge in [0.25, 0.3) is 0 Å². The Kier molecular flexibility index (Phi) is 2.39. The molecule has 0 aromatic carbocycles. The van der Waals surface area contributed by atoms with Gasteiger partial charge in [-0.1, -0.05) is 20.8 Å². The topological polar surface area (TPSA) is 12.0 Å². The van der Waals surface area contributed by atoms with Gasteiger partial charge in [0.15, 0.2) is 0 Å². The predicted octanol–water partition coefficient (Wildman–Crippen LogP) is 2.81. The summed E-state index contributed by atoms with van der Waals surface area (Å²) in [7, 11) is 0. The van der Waals surface area contributed by atoms with Crippen LogP contribution < -0.4 is 5.32 Å². The number of hydrogen-bond acceptors (Lipinski definition) is 1. The van der Waals surface area contributed by atoms with Crippen LogP contribution >= 0.6 is 0 Å². The molecule has 0 radical (unpaired) electrons. The quantitative estimate of drug-likeness (QED) is 0.656. The SMILES string of the molecule is CC(C)(C)CC1CC2CCC1CN2. The van der Waals surface area contributed by atoms with Gasteiger partial charge in [0, 0.05) is 6.04 Å². The summed E-state index contributed by atoms with van der Waals surface area (Å²) in [5.41, 5.74) is 0.530. The van der Waals surface area contributed by atoms with E-state index in [0.29, 0.717) is 5.41 Å². The molecule has 2 heterocycles. The Morgan fingerprint density at radius 2 is 2.00 bits per heavy atom. The minimum Gasteiger partial charge on any atom is -0.314 e. The standard InChI is InChI=1S/C12H23N/c1-12(2,3)7-10-6-11-5-4-9(10)8-13-11/h9-11,13H,4-8H2,1-3H3. The fourth-order valence-electron chi connectivity index (χ4n) is 3.14. The number of piperidine rings is 2. The molecular formula is C12H23N. The van der Waals surface area contributed by atoms with Gasteiger partial charge in [-0.05, 0) is 49.5 Å². The van der Waals surface area contributed by atoms with Crippen LogP contribution in [0.15, 0.2) is 0 Å². The molecule has 3 aliphatic rings. The lowest BCUT2D eigenvalue weighted by Crippen LogP contribution is -2.49. The number of hydrogen-bond donors (Lipinski definition) is 1. The second-order valence-electron chi connectivity index (χ2n) is 6.20. The third-order valence-electron chi connectivity index (χ3n) is 3.68. The van der Waals surface area contributed by atoms with Crippen LogP contribution in [0.4, 0.5) is 0 Å². The molecular weight excluding hydrogens is 158 g/mol. The molecule has 3 fully saturated rings. The van der Waals surface area contributed by atoms with E-state index in [0.717, 1.165) is 17.9 Å². The van der Waals surface area contributed by atoms with Gasteiger partial charge >= 0.3 is 0 Å². The number of nitrogens with one attached hydrogen (secondary N) is 1. The molecule has 2 aliphatic heterocycles. The zero-order valence-electron chi connectivity index (χ0n) is 9.27. The first-order chi connectivity index (χ1) is 6.04. The Morgan fingerprint density at radius 3 is 2.38 bits per heavy atom. The van der Waals surface area contributed by atoms with Crippen LogP contribution in [0.1, 0.15) is 46.5 Å². The fraction of sp³-hybridized carbons (Fsp3) is 1.00. The maximum absolute atomic E-state index is 3.63. The molecule has 0 aromatic rings. The van der Waals surface area contributed by atoms with E-state index < -0.39 is 0 Å². The van der Waals surface area contributed by atoms with Crippen LogP contribution in [0.2, 0.25) is 0 Å². The van der Waals surface area contributed by atoms with E-state index in [9.17, 15) is 0 Å². The van der Waals surface area contributed by atoms with E-state index in [1.807, 2.05) is 0 Å². The molecule has 1 N–H and O–H groups in total. The summed E-state index contributed by atoms with van der Waals surface area (Å²) < 4.78 is 0. The van der Waals surface area contributed by atoms with Gasteiger partial charge in [0.2, 0.25) is 0 Å². The largest absolute Gasteiger partial charge is 0.314 e. The summed E-state index contributed by atoms with van der Waals surface area (Å²) in [6.45, 7) is 8.43.